The predicted octanol–water partition coefficient (Wildman–Crippen LogP) is 3.82. The maximum absolute atomic E-state index is 4.48. The molecule has 0 spiro atoms. The van der Waals surface area contributed by atoms with E-state index in [0.29, 0.717) is 0 Å². The Kier molecular flexibility index (Phi) is 3.98. The van der Waals surface area contributed by atoms with E-state index in [4.69, 9.17) is 0 Å². The number of pyridine rings is 1. The lowest BCUT2D eigenvalue weighted by atomic mass is 10.2. The van der Waals surface area contributed by atoms with Crippen LogP contribution in [0.25, 0.3) is 10.9 Å². The highest BCUT2D eigenvalue weighted by molar-refractivity contribution is 14.1. The summed E-state index contributed by atoms with van der Waals surface area (Å²) in [6.07, 6.45) is 3.58. The van der Waals surface area contributed by atoms with E-state index in [1.807, 2.05) is 31.1 Å². The van der Waals surface area contributed by atoms with Crippen molar-refractivity contribution in [3.63, 3.8) is 0 Å². The van der Waals surface area contributed by atoms with Gasteiger partial charge in [0.1, 0.15) is 5.69 Å². The van der Waals surface area contributed by atoms with Crippen molar-refractivity contribution >= 4 is 61.4 Å². The van der Waals surface area contributed by atoms with Crippen molar-refractivity contribution in [3.05, 3.63) is 32.4 Å². The average molecular weight is 404 g/mol. The summed E-state index contributed by atoms with van der Waals surface area (Å²) in [6, 6.07) is 6.03. The van der Waals surface area contributed by atoms with Gasteiger partial charge in [0.05, 0.1) is 11.9 Å². The van der Waals surface area contributed by atoms with Crippen LogP contribution in [0, 0.1) is 3.57 Å². The van der Waals surface area contributed by atoms with Gasteiger partial charge in [0.25, 0.3) is 0 Å². The molecule has 0 atom stereocenters. The molecular formula is C12H11BrIN3. The zero-order chi connectivity index (χ0) is 12.4. The zero-order valence-electron chi connectivity index (χ0n) is 9.48. The fourth-order valence-electron chi connectivity index (χ4n) is 1.45. The molecule has 0 aliphatic carbocycles. The third-order valence-electron chi connectivity index (χ3n) is 2.19. The molecule has 0 aliphatic rings. The monoisotopic (exact) mass is 403 g/mol. The fourth-order valence-corrected chi connectivity index (χ4v) is 3.14. The summed E-state index contributed by atoms with van der Waals surface area (Å²) >= 11 is 5.83. The van der Waals surface area contributed by atoms with Crippen molar-refractivity contribution in [3.8, 4) is 0 Å². The predicted molar refractivity (Wildman–Crippen MR) is 84.0 cm³/mol. The van der Waals surface area contributed by atoms with Gasteiger partial charge in [-0.25, -0.2) is 4.99 Å². The Hall–Kier alpha value is -0.690. The molecule has 17 heavy (non-hydrogen) atoms. The molecule has 0 aliphatic heterocycles. The van der Waals surface area contributed by atoms with Crippen LogP contribution in [-0.2, 0) is 0 Å². The topological polar surface area (TPSA) is 28.5 Å². The third-order valence-corrected chi connectivity index (χ3v) is 3.67. The van der Waals surface area contributed by atoms with Gasteiger partial charge in [-0.15, -0.1) is 0 Å². The second-order valence-corrected chi connectivity index (χ2v) is 5.81. The number of fused-ring (bicyclic) bond motifs is 1. The molecule has 0 fully saturated rings. The van der Waals surface area contributed by atoms with E-state index in [-0.39, 0.29) is 0 Å². The Morgan fingerprint density at radius 3 is 2.94 bits per heavy atom. The molecule has 0 amide bonds. The van der Waals surface area contributed by atoms with Gasteiger partial charge in [-0.3, -0.25) is 4.98 Å². The lowest BCUT2D eigenvalue weighted by Gasteiger charge is -2.07. The largest absolute Gasteiger partial charge is 0.369 e. The van der Waals surface area contributed by atoms with Crippen molar-refractivity contribution in [1.29, 1.82) is 0 Å². The second-order valence-electron chi connectivity index (χ2n) is 3.80. The molecule has 0 saturated heterocycles. The molecule has 3 nitrogen and oxygen atoms in total. The Balaban J connectivity index is 2.69. The van der Waals surface area contributed by atoms with Crippen molar-refractivity contribution in [1.82, 2.24) is 9.88 Å². The van der Waals surface area contributed by atoms with Gasteiger partial charge in [0, 0.05) is 33.7 Å². The SMILES string of the molecule is CN(C)/C=N/c1c(I)cc(Br)c2cccnc12. The van der Waals surface area contributed by atoms with Gasteiger partial charge in [-0.05, 0) is 34.7 Å². The van der Waals surface area contributed by atoms with Gasteiger partial charge in [-0.2, -0.15) is 0 Å². The first-order valence-corrected chi connectivity index (χ1v) is 6.90. The Morgan fingerprint density at radius 1 is 1.47 bits per heavy atom. The molecule has 0 N–H and O–H groups in total. The van der Waals surface area contributed by atoms with Crippen LogP contribution in [0.2, 0.25) is 0 Å². The molecule has 5 heteroatoms. The number of hydrogen-bond acceptors (Lipinski definition) is 2. The fraction of sp³-hybridized carbons (Fsp3) is 0.167. The third kappa shape index (κ3) is 2.77. The van der Waals surface area contributed by atoms with Crippen LogP contribution < -0.4 is 0 Å². The van der Waals surface area contributed by atoms with Crippen LogP contribution in [-0.4, -0.2) is 30.3 Å². The number of nitrogens with zero attached hydrogens (tertiary/aromatic N) is 3. The Labute approximate surface area is 122 Å². The van der Waals surface area contributed by atoms with E-state index in [1.54, 1.807) is 12.5 Å². The standard InChI is InChI=1S/C12H11BrIN3/c1-17(2)7-16-12-10(14)6-9(13)8-4-3-5-15-11(8)12/h3-7H,1-2H3/b16-7+. The highest BCUT2D eigenvalue weighted by Gasteiger charge is 2.09. The van der Waals surface area contributed by atoms with E-state index in [0.717, 1.165) is 24.6 Å². The summed E-state index contributed by atoms with van der Waals surface area (Å²) in [5.74, 6) is 0. The molecule has 2 rings (SSSR count). The van der Waals surface area contributed by atoms with Crippen LogP contribution in [0.4, 0.5) is 5.69 Å². The van der Waals surface area contributed by atoms with E-state index in [2.05, 4.69) is 54.6 Å². The zero-order valence-corrected chi connectivity index (χ0v) is 13.2. The van der Waals surface area contributed by atoms with Gasteiger partial charge in [-0.1, -0.05) is 22.0 Å². The molecule has 0 bridgehead atoms. The van der Waals surface area contributed by atoms with Crippen molar-refractivity contribution < 1.29 is 0 Å². The number of aromatic nitrogens is 1. The van der Waals surface area contributed by atoms with Crippen LogP contribution >= 0.6 is 38.5 Å². The molecule has 0 radical (unpaired) electrons. The molecule has 2 aromatic rings. The van der Waals surface area contributed by atoms with E-state index >= 15 is 0 Å². The van der Waals surface area contributed by atoms with Gasteiger partial charge in [0.2, 0.25) is 0 Å². The van der Waals surface area contributed by atoms with E-state index < -0.39 is 0 Å². The molecule has 88 valence electrons. The first-order chi connectivity index (χ1) is 8.09. The average Bonchev–Trinajstić information content (AvgIpc) is 2.28. The molecule has 1 heterocycles. The number of halogens is 2. The Morgan fingerprint density at radius 2 is 2.24 bits per heavy atom. The first kappa shape index (κ1) is 12.8. The summed E-state index contributed by atoms with van der Waals surface area (Å²) in [5, 5.41) is 1.08. The number of hydrogen-bond donors (Lipinski definition) is 0. The maximum atomic E-state index is 4.48. The first-order valence-electron chi connectivity index (χ1n) is 5.03. The molecule has 1 aromatic heterocycles. The van der Waals surface area contributed by atoms with Gasteiger partial charge in [0.15, 0.2) is 0 Å². The summed E-state index contributed by atoms with van der Waals surface area (Å²) in [5.41, 5.74) is 1.84. The van der Waals surface area contributed by atoms with Crippen LogP contribution in [0.1, 0.15) is 0 Å². The summed E-state index contributed by atoms with van der Waals surface area (Å²) in [4.78, 5) is 10.8. The van der Waals surface area contributed by atoms with Crippen molar-refractivity contribution in [2.45, 2.75) is 0 Å². The van der Waals surface area contributed by atoms with Gasteiger partial charge < -0.3 is 4.90 Å². The second kappa shape index (κ2) is 5.30. The lowest BCUT2D eigenvalue weighted by Crippen LogP contribution is -2.07. The highest BCUT2D eigenvalue weighted by atomic mass is 127. The van der Waals surface area contributed by atoms with Crippen molar-refractivity contribution in [2.24, 2.45) is 4.99 Å². The molecule has 0 saturated carbocycles. The minimum atomic E-state index is 0.915. The van der Waals surface area contributed by atoms with E-state index in [9.17, 15) is 0 Å². The number of aliphatic imine (C=N–C) groups is 1. The van der Waals surface area contributed by atoms with Crippen LogP contribution in [0.5, 0.6) is 0 Å². The summed E-state index contributed by atoms with van der Waals surface area (Å²) in [6.45, 7) is 0. The quantitative estimate of drug-likeness (QED) is 0.433. The molecule has 0 unspecified atom stereocenters. The molecule has 1 aromatic carbocycles. The summed E-state index contributed by atoms with van der Waals surface area (Å²) in [7, 11) is 3.90. The minimum Gasteiger partial charge on any atom is -0.369 e. The molecular weight excluding hydrogens is 393 g/mol. The normalized spacial score (nSPS) is 11.3. The highest BCUT2D eigenvalue weighted by Crippen LogP contribution is 2.34. The van der Waals surface area contributed by atoms with E-state index in [1.165, 1.54) is 0 Å². The lowest BCUT2D eigenvalue weighted by molar-refractivity contribution is 0.643. The van der Waals surface area contributed by atoms with Crippen molar-refractivity contribution in [2.75, 3.05) is 14.1 Å². The van der Waals surface area contributed by atoms with Crippen LogP contribution in [0.15, 0.2) is 33.9 Å². The summed E-state index contributed by atoms with van der Waals surface area (Å²) < 4.78 is 2.13. The minimum absolute atomic E-state index is 0.915. The smallest absolute Gasteiger partial charge is 0.104 e. The Bertz CT molecular complexity index is 581. The van der Waals surface area contributed by atoms with Crippen LogP contribution in [0.3, 0.4) is 0 Å². The van der Waals surface area contributed by atoms with Gasteiger partial charge >= 0.3 is 0 Å². The number of rotatable bonds is 2. The maximum Gasteiger partial charge on any atom is 0.104 e. The number of benzene rings is 1.